The number of nitrogens with one attached hydrogen (secondary N) is 2. The summed E-state index contributed by atoms with van der Waals surface area (Å²) in [6.45, 7) is 1.97. The van der Waals surface area contributed by atoms with Crippen LogP contribution < -0.4 is 21.3 Å². The summed E-state index contributed by atoms with van der Waals surface area (Å²) in [5, 5.41) is 3.79. The van der Waals surface area contributed by atoms with Crippen molar-refractivity contribution in [3.8, 4) is 5.75 Å². The summed E-state index contributed by atoms with van der Waals surface area (Å²) < 4.78 is 5.25. The molecule has 0 aliphatic heterocycles. The molecule has 100 valence electrons. The van der Waals surface area contributed by atoms with Gasteiger partial charge in [-0.1, -0.05) is 17.7 Å². The summed E-state index contributed by atoms with van der Waals surface area (Å²) in [6.07, 6.45) is 1.39. The van der Waals surface area contributed by atoms with Crippen LogP contribution in [0.3, 0.4) is 0 Å². The smallest absolute Gasteiger partial charge is 0.205 e. The second kappa shape index (κ2) is 5.73. The van der Waals surface area contributed by atoms with Crippen molar-refractivity contribution in [2.45, 2.75) is 6.92 Å². The average molecular weight is 280 g/mol. The number of halogens is 1. The van der Waals surface area contributed by atoms with E-state index in [4.69, 9.17) is 22.2 Å². The third-order valence-corrected chi connectivity index (χ3v) is 2.83. The fourth-order valence-corrected chi connectivity index (χ4v) is 1.79. The van der Waals surface area contributed by atoms with Crippen LogP contribution in [0.5, 0.6) is 5.75 Å². The number of benzene rings is 1. The zero-order chi connectivity index (χ0) is 13.8. The number of aryl methyl sites for hydroxylation is 1. The maximum absolute atomic E-state index is 5.98. The molecule has 1 heterocycles. The van der Waals surface area contributed by atoms with E-state index in [-0.39, 0.29) is 0 Å². The van der Waals surface area contributed by atoms with Gasteiger partial charge >= 0.3 is 0 Å². The second-order valence-electron chi connectivity index (χ2n) is 3.83. The number of nitrogen functional groups attached to an aromatic ring is 1. The Morgan fingerprint density at radius 2 is 2.00 bits per heavy atom. The maximum atomic E-state index is 5.98. The van der Waals surface area contributed by atoms with Crippen LogP contribution >= 0.6 is 11.6 Å². The first-order valence-electron chi connectivity index (χ1n) is 5.54. The van der Waals surface area contributed by atoms with Crippen LogP contribution in [0.25, 0.3) is 0 Å². The molecule has 1 aromatic heterocycles. The Bertz CT molecular complexity index is 590. The Balaban J connectivity index is 2.40. The highest BCUT2D eigenvalue weighted by Crippen LogP contribution is 2.32. The van der Waals surface area contributed by atoms with E-state index in [0.29, 0.717) is 22.4 Å². The molecule has 2 rings (SSSR count). The van der Waals surface area contributed by atoms with Crippen molar-refractivity contribution in [2.24, 2.45) is 5.84 Å². The van der Waals surface area contributed by atoms with Crippen molar-refractivity contribution < 1.29 is 4.74 Å². The molecule has 19 heavy (non-hydrogen) atoms. The van der Waals surface area contributed by atoms with E-state index in [1.54, 1.807) is 0 Å². The molecular weight excluding hydrogens is 266 g/mol. The lowest BCUT2D eigenvalue weighted by molar-refractivity contribution is 0.415. The third-order valence-electron chi connectivity index (χ3n) is 2.60. The molecule has 0 amide bonds. The van der Waals surface area contributed by atoms with Crippen molar-refractivity contribution in [2.75, 3.05) is 17.9 Å². The van der Waals surface area contributed by atoms with Crippen molar-refractivity contribution in [3.05, 3.63) is 35.1 Å². The lowest BCUT2D eigenvalue weighted by atomic mass is 10.2. The van der Waals surface area contributed by atoms with E-state index in [2.05, 4.69) is 20.7 Å². The van der Waals surface area contributed by atoms with Crippen LogP contribution in [-0.2, 0) is 0 Å². The molecule has 0 atom stereocenters. The molecule has 7 heteroatoms. The zero-order valence-corrected chi connectivity index (χ0v) is 11.3. The van der Waals surface area contributed by atoms with Gasteiger partial charge in [0.05, 0.1) is 7.11 Å². The summed E-state index contributed by atoms with van der Waals surface area (Å²) >= 11 is 5.98. The van der Waals surface area contributed by atoms with Crippen LogP contribution in [0.4, 0.5) is 17.3 Å². The summed E-state index contributed by atoms with van der Waals surface area (Å²) in [7, 11) is 1.52. The van der Waals surface area contributed by atoms with Gasteiger partial charge in [0.15, 0.2) is 11.6 Å². The van der Waals surface area contributed by atoms with Gasteiger partial charge in [-0.2, -0.15) is 0 Å². The Morgan fingerprint density at radius 3 is 2.68 bits per heavy atom. The summed E-state index contributed by atoms with van der Waals surface area (Å²) in [4.78, 5) is 8.11. The highest BCUT2D eigenvalue weighted by molar-refractivity contribution is 6.30. The molecule has 0 radical (unpaired) electrons. The van der Waals surface area contributed by atoms with Crippen molar-refractivity contribution >= 4 is 28.9 Å². The predicted octanol–water partition coefficient (Wildman–Crippen LogP) is 2.48. The molecule has 6 nitrogen and oxygen atoms in total. The Hall–Kier alpha value is -2.05. The van der Waals surface area contributed by atoms with Gasteiger partial charge in [-0.25, -0.2) is 15.8 Å². The molecule has 1 aromatic carbocycles. The number of nitrogens with zero attached hydrogens (tertiary/aromatic N) is 2. The van der Waals surface area contributed by atoms with E-state index in [1.807, 2.05) is 25.1 Å². The molecule has 0 aliphatic rings. The van der Waals surface area contributed by atoms with Gasteiger partial charge in [-0.3, -0.25) is 0 Å². The normalized spacial score (nSPS) is 10.1. The largest absolute Gasteiger partial charge is 0.490 e. The third kappa shape index (κ3) is 2.86. The number of hydrogen-bond donors (Lipinski definition) is 3. The van der Waals surface area contributed by atoms with Gasteiger partial charge in [0.2, 0.25) is 5.75 Å². The van der Waals surface area contributed by atoms with Crippen LogP contribution in [0.1, 0.15) is 5.56 Å². The molecule has 0 saturated carbocycles. The monoisotopic (exact) mass is 279 g/mol. The van der Waals surface area contributed by atoms with Gasteiger partial charge in [-0.15, -0.1) is 0 Å². The van der Waals surface area contributed by atoms with Gasteiger partial charge < -0.3 is 15.5 Å². The lowest BCUT2D eigenvalue weighted by Crippen LogP contribution is -2.11. The van der Waals surface area contributed by atoms with Crippen molar-refractivity contribution in [3.63, 3.8) is 0 Å². The van der Waals surface area contributed by atoms with Crippen LogP contribution in [-0.4, -0.2) is 17.1 Å². The average Bonchev–Trinajstić information content (AvgIpc) is 2.42. The van der Waals surface area contributed by atoms with E-state index in [1.165, 1.54) is 13.4 Å². The molecule has 2 aromatic rings. The number of rotatable bonds is 4. The van der Waals surface area contributed by atoms with Gasteiger partial charge in [-0.05, 0) is 24.6 Å². The SMILES string of the molecule is COc1c(NN)ncnc1Nc1cc(Cl)ccc1C. The minimum Gasteiger partial charge on any atom is -0.490 e. The summed E-state index contributed by atoms with van der Waals surface area (Å²) in [5.74, 6) is 6.72. The van der Waals surface area contributed by atoms with E-state index < -0.39 is 0 Å². The first kappa shape index (κ1) is 13.4. The maximum Gasteiger partial charge on any atom is 0.205 e. The highest BCUT2D eigenvalue weighted by atomic mass is 35.5. The molecular formula is C12H14ClN5O. The quantitative estimate of drug-likeness (QED) is 0.589. The minimum atomic E-state index is 0.402. The number of nitrogens with two attached hydrogens (primary N) is 1. The van der Waals surface area contributed by atoms with Crippen LogP contribution in [0.15, 0.2) is 24.5 Å². The molecule has 4 N–H and O–H groups in total. The van der Waals surface area contributed by atoms with Crippen LogP contribution in [0.2, 0.25) is 5.02 Å². The van der Waals surface area contributed by atoms with Crippen molar-refractivity contribution in [1.82, 2.24) is 9.97 Å². The summed E-state index contributed by atoms with van der Waals surface area (Å²) in [5.41, 5.74) is 4.33. The lowest BCUT2D eigenvalue weighted by Gasteiger charge is -2.14. The fraction of sp³-hybridized carbons (Fsp3) is 0.167. The number of methoxy groups -OCH3 is 1. The highest BCUT2D eigenvalue weighted by Gasteiger charge is 2.12. The Labute approximate surface area is 115 Å². The van der Waals surface area contributed by atoms with Gasteiger partial charge in [0, 0.05) is 10.7 Å². The fourth-order valence-electron chi connectivity index (χ4n) is 1.62. The Kier molecular flexibility index (Phi) is 4.03. The number of anilines is 3. The minimum absolute atomic E-state index is 0.402. The number of hydrazine groups is 1. The molecule has 0 spiro atoms. The molecule has 0 unspecified atom stereocenters. The van der Waals surface area contributed by atoms with Gasteiger partial charge in [0.25, 0.3) is 0 Å². The van der Waals surface area contributed by atoms with Crippen LogP contribution in [0, 0.1) is 6.92 Å². The first-order chi connectivity index (χ1) is 9.15. The number of hydrogen-bond acceptors (Lipinski definition) is 6. The number of aromatic nitrogens is 2. The molecule has 0 fully saturated rings. The standard InChI is InChI=1S/C12H14ClN5O/c1-7-3-4-8(13)5-9(7)17-11-10(19-2)12(18-14)16-6-15-11/h3-6H,14H2,1-2H3,(H2,15,16,17,18). The molecule has 0 saturated heterocycles. The summed E-state index contributed by atoms with van der Waals surface area (Å²) in [6, 6.07) is 5.56. The topological polar surface area (TPSA) is 85.1 Å². The van der Waals surface area contributed by atoms with E-state index in [9.17, 15) is 0 Å². The predicted molar refractivity (Wildman–Crippen MR) is 75.9 cm³/mol. The first-order valence-corrected chi connectivity index (χ1v) is 5.92. The number of ether oxygens (including phenoxy) is 1. The van der Waals surface area contributed by atoms with E-state index in [0.717, 1.165) is 11.3 Å². The second-order valence-corrected chi connectivity index (χ2v) is 4.27. The van der Waals surface area contributed by atoms with Crippen molar-refractivity contribution in [1.29, 1.82) is 0 Å². The molecule has 0 aliphatic carbocycles. The molecule has 0 bridgehead atoms. The van der Waals surface area contributed by atoms with Gasteiger partial charge in [0.1, 0.15) is 6.33 Å². The zero-order valence-electron chi connectivity index (χ0n) is 10.6. The van der Waals surface area contributed by atoms with E-state index >= 15 is 0 Å². The Morgan fingerprint density at radius 1 is 1.26 bits per heavy atom.